The van der Waals surface area contributed by atoms with Crippen LogP contribution in [0.2, 0.25) is 0 Å². The van der Waals surface area contributed by atoms with Crippen LogP contribution in [-0.2, 0) is 5.60 Å². The lowest BCUT2D eigenvalue weighted by molar-refractivity contribution is 0.0813. The molecular weight excluding hydrogens is 270 g/mol. The maximum Gasteiger partial charge on any atom is 0.129 e. The minimum atomic E-state index is -0.837. The topological polar surface area (TPSA) is 42.4 Å². The largest absolute Gasteiger partial charge is 0.496 e. The Balaban J connectivity index is 2.11. The van der Waals surface area contributed by atoms with Gasteiger partial charge in [-0.3, -0.25) is 0 Å². The number of rotatable bonds is 4. The predicted octanol–water partition coefficient (Wildman–Crippen LogP) is 3.92. The maximum absolute atomic E-state index is 10.4. The lowest BCUT2D eigenvalue weighted by Gasteiger charge is -2.16. The number of methoxy groups -OCH3 is 1. The number of hydrogen-bond acceptors (Lipinski definition) is 4. The van der Waals surface area contributed by atoms with Gasteiger partial charge < -0.3 is 9.84 Å². The predicted molar refractivity (Wildman–Crippen MR) is 81.3 cm³/mol. The van der Waals surface area contributed by atoms with E-state index in [1.54, 1.807) is 18.4 Å². The molecule has 20 heavy (non-hydrogen) atoms. The van der Waals surface area contributed by atoms with Crippen molar-refractivity contribution in [3.05, 3.63) is 34.8 Å². The molecule has 0 aliphatic heterocycles. The first-order valence-electron chi connectivity index (χ1n) is 6.87. The van der Waals surface area contributed by atoms with Crippen molar-refractivity contribution in [2.45, 2.75) is 38.2 Å². The zero-order valence-corrected chi connectivity index (χ0v) is 12.8. The van der Waals surface area contributed by atoms with E-state index in [1.165, 1.54) is 12.8 Å². The van der Waals surface area contributed by atoms with Crippen LogP contribution >= 0.6 is 11.3 Å². The smallest absolute Gasteiger partial charge is 0.129 e. The van der Waals surface area contributed by atoms with Gasteiger partial charge >= 0.3 is 0 Å². The molecule has 0 radical (unpaired) electrons. The zero-order chi connectivity index (χ0) is 14.3. The fourth-order valence-corrected chi connectivity index (χ4v) is 3.52. The molecular formula is C16H19NO2S. The maximum atomic E-state index is 10.4. The Labute approximate surface area is 123 Å². The van der Waals surface area contributed by atoms with Crippen molar-refractivity contribution in [1.29, 1.82) is 0 Å². The molecule has 0 saturated heterocycles. The molecule has 3 rings (SSSR count). The molecule has 1 heterocycles. The van der Waals surface area contributed by atoms with E-state index in [-0.39, 0.29) is 0 Å². The second-order valence-corrected chi connectivity index (χ2v) is 6.77. The summed E-state index contributed by atoms with van der Waals surface area (Å²) < 4.78 is 5.41. The number of ether oxygens (including phenoxy) is 1. The molecule has 1 saturated carbocycles. The SMILES string of the molecule is COc1ccccc1-c1nc(C2CC2)c(C(C)(C)O)s1. The Morgan fingerprint density at radius 1 is 1.30 bits per heavy atom. The number of thiazole rings is 1. The fourth-order valence-electron chi connectivity index (χ4n) is 2.34. The van der Waals surface area contributed by atoms with Gasteiger partial charge in [-0.05, 0) is 38.8 Å². The third kappa shape index (κ3) is 2.45. The first-order chi connectivity index (χ1) is 9.50. The zero-order valence-electron chi connectivity index (χ0n) is 12.0. The molecule has 1 aliphatic carbocycles. The Morgan fingerprint density at radius 3 is 2.60 bits per heavy atom. The summed E-state index contributed by atoms with van der Waals surface area (Å²) in [5, 5.41) is 11.3. The second kappa shape index (κ2) is 4.86. The van der Waals surface area contributed by atoms with Gasteiger partial charge in [0, 0.05) is 5.92 Å². The molecule has 1 fully saturated rings. The van der Waals surface area contributed by atoms with E-state index in [0.29, 0.717) is 5.92 Å². The Morgan fingerprint density at radius 2 is 2.00 bits per heavy atom. The van der Waals surface area contributed by atoms with E-state index in [4.69, 9.17) is 9.72 Å². The average molecular weight is 289 g/mol. The van der Waals surface area contributed by atoms with Crippen LogP contribution < -0.4 is 4.74 Å². The van der Waals surface area contributed by atoms with Gasteiger partial charge in [-0.15, -0.1) is 11.3 Å². The third-order valence-electron chi connectivity index (χ3n) is 3.51. The minimum absolute atomic E-state index is 0.524. The normalized spacial score (nSPS) is 15.4. The van der Waals surface area contributed by atoms with Crippen LogP contribution in [0.25, 0.3) is 10.6 Å². The number of aliphatic hydroxyl groups is 1. The molecule has 1 aromatic heterocycles. The van der Waals surface area contributed by atoms with Crippen molar-refractivity contribution >= 4 is 11.3 Å². The van der Waals surface area contributed by atoms with Gasteiger partial charge in [0.2, 0.25) is 0 Å². The molecule has 1 N–H and O–H groups in total. The first kappa shape index (κ1) is 13.6. The highest BCUT2D eigenvalue weighted by molar-refractivity contribution is 7.15. The Hall–Kier alpha value is -1.39. The highest BCUT2D eigenvalue weighted by Gasteiger charge is 2.35. The van der Waals surface area contributed by atoms with Crippen LogP contribution in [0.4, 0.5) is 0 Å². The number of para-hydroxylation sites is 1. The molecule has 3 nitrogen and oxygen atoms in total. The van der Waals surface area contributed by atoms with Crippen LogP contribution in [0.3, 0.4) is 0 Å². The Bertz CT molecular complexity index is 624. The lowest BCUT2D eigenvalue weighted by atomic mass is 10.0. The van der Waals surface area contributed by atoms with E-state index in [2.05, 4.69) is 0 Å². The summed E-state index contributed by atoms with van der Waals surface area (Å²) in [4.78, 5) is 5.78. The monoisotopic (exact) mass is 289 g/mol. The first-order valence-corrected chi connectivity index (χ1v) is 7.69. The highest BCUT2D eigenvalue weighted by atomic mass is 32.1. The summed E-state index contributed by atoms with van der Waals surface area (Å²) in [5.41, 5.74) is 1.23. The number of nitrogens with zero attached hydrogens (tertiary/aromatic N) is 1. The number of aromatic nitrogens is 1. The lowest BCUT2D eigenvalue weighted by Crippen LogP contribution is -2.15. The van der Waals surface area contributed by atoms with Gasteiger partial charge in [0.1, 0.15) is 10.8 Å². The van der Waals surface area contributed by atoms with Crippen LogP contribution in [0, 0.1) is 0 Å². The molecule has 0 bridgehead atoms. The van der Waals surface area contributed by atoms with Gasteiger partial charge in [-0.2, -0.15) is 0 Å². The summed E-state index contributed by atoms with van der Waals surface area (Å²) in [6.07, 6.45) is 2.36. The van der Waals surface area contributed by atoms with Gasteiger partial charge in [0.15, 0.2) is 0 Å². The van der Waals surface area contributed by atoms with Crippen molar-refractivity contribution in [2.24, 2.45) is 0 Å². The van der Waals surface area contributed by atoms with Crippen LogP contribution in [0.1, 0.15) is 43.2 Å². The van der Waals surface area contributed by atoms with Crippen molar-refractivity contribution in [2.75, 3.05) is 7.11 Å². The molecule has 4 heteroatoms. The molecule has 0 amide bonds. The third-order valence-corrected chi connectivity index (χ3v) is 4.93. The van der Waals surface area contributed by atoms with Crippen LogP contribution in [0.5, 0.6) is 5.75 Å². The van der Waals surface area contributed by atoms with Crippen molar-refractivity contribution in [1.82, 2.24) is 4.98 Å². The van der Waals surface area contributed by atoms with Gasteiger partial charge in [-0.25, -0.2) is 4.98 Å². The molecule has 1 aliphatic rings. The van der Waals surface area contributed by atoms with Crippen LogP contribution in [-0.4, -0.2) is 17.2 Å². The quantitative estimate of drug-likeness (QED) is 0.927. The standard InChI is InChI=1S/C16H19NO2S/c1-16(2,18)14-13(10-8-9-10)17-15(20-14)11-6-4-5-7-12(11)19-3/h4-7,10,18H,8-9H2,1-3H3. The average Bonchev–Trinajstić information content (AvgIpc) is 3.16. The fraction of sp³-hybridized carbons (Fsp3) is 0.438. The van der Waals surface area contributed by atoms with Crippen LogP contribution in [0.15, 0.2) is 24.3 Å². The van der Waals surface area contributed by atoms with Crippen molar-refractivity contribution in [3.8, 4) is 16.3 Å². The van der Waals surface area contributed by atoms with Gasteiger partial charge in [0.05, 0.1) is 28.8 Å². The molecule has 0 atom stereocenters. The second-order valence-electron chi connectivity index (χ2n) is 5.77. The highest BCUT2D eigenvalue weighted by Crippen LogP contribution is 2.47. The van der Waals surface area contributed by atoms with E-state index >= 15 is 0 Å². The minimum Gasteiger partial charge on any atom is -0.496 e. The van der Waals surface area contributed by atoms with Gasteiger partial charge in [-0.1, -0.05) is 12.1 Å². The van der Waals surface area contributed by atoms with Crippen molar-refractivity contribution < 1.29 is 9.84 Å². The molecule has 1 aromatic carbocycles. The van der Waals surface area contributed by atoms with E-state index in [0.717, 1.165) is 26.9 Å². The van der Waals surface area contributed by atoms with Gasteiger partial charge in [0.25, 0.3) is 0 Å². The van der Waals surface area contributed by atoms with Crippen molar-refractivity contribution in [3.63, 3.8) is 0 Å². The molecule has 0 unspecified atom stereocenters. The molecule has 106 valence electrons. The number of hydrogen-bond donors (Lipinski definition) is 1. The molecule has 2 aromatic rings. The summed E-state index contributed by atoms with van der Waals surface area (Å²) in [6, 6.07) is 7.90. The van der Waals surface area contributed by atoms with E-state index < -0.39 is 5.60 Å². The summed E-state index contributed by atoms with van der Waals surface area (Å²) in [6.45, 7) is 3.66. The van der Waals surface area contributed by atoms with E-state index in [1.807, 2.05) is 38.1 Å². The number of benzene rings is 1. The molecule has 0 spiro atoms. The Kier molecular flexibility index (Phi) is 3.30. The summed E-state index contributed by atoms with van der Waals surface area (Å²) in [5.74, 6) is 1.35. The van der Waals surface area contributed by atoms with E-state index in [9.17, 15) is 5.11 Å². The summed E-state index contributed by atoms with van der Waals surface area (Å²) >= 11 is 1.58. The summed E-state index contributed by atoms with van der Waals surface area (Å²) in [7, 11) is 1.67.